The Morgan fingerprint density at radius 1 is 0.585 bits per heavy atom. The van der Waals surface area contributed by atoms with E-state index < -0.39 is 54.9 Å². The van der Waals surface area contributed by atoms with E-state index in [-0.39, 0.29) is 54.2 Å². The van der Waals surface area contributed by atoms with Crippen LogP contribution in [0.3, 0.4) is 0 Å². The van der Waals surface area contributed by atoms with E-state index in [9.17, 15) is 21.7 Å². The summed E-state index contributed by atoms with van der Waals surface area (Å²) in [6.45, 7) is 8.89. The summed E-state index contributed by atoms with van der Waals surface area (Å²) in [4.78, 5) is 13.7. The summed E-state index contributed by atoms with van der Waals surface area (Å²) in [5.74, 6) is -0.701. The van der Waals surface area contributed by atoms with Crippen LogP contribution in [-0.4, -0.2) is 15.0 Å². The molecule has 0 aliphatic rings. The van der Waals surface area contributed by atoms with Gasteiger partial charge in [0.25, 0.3) is 0 Å². The van der Waals surface area contributed by atoms with Crippen LogP contribution in [0.2, 0.25) is 0 Å². The molecule has 4 heterocycles. The first-order valence-corrected chi connectivity index (χ1v) is 21.1. The van der Waals surface area contributed by atoms with Crippen LogP contribution in [0.1, 0.15) is 112 Å². The molecule has 0 spiro atoms. The van der Waals surface area contributed by atoms with E-state index in [1.807, 2.05) is 45.9 Å². The van der Waals surface area contributed by atoms with Crippen LogP contribution in [0, 0.1) is 36.5 Å². The van der Waals surface area contributed by atoms with Gasteiger partial charge >= 0.3 is 20.1 Å². The summed E-state index contributed by atoms with van der Waals surface area (Å²) in [6, 6.07) is 42.2. The molecule has 0 radical (unpaired) electrons. The Hall–Kier alpha value is -6.51. The Morgan fingerprint density at radius 3 is 1.63 bits per heavy atom. The number of nitrogens with zero attached hydrogens (tertiary/aromatic N) is 4. The minimum atomic E-state index is -3.16. The molecule has 4 aromatic heterocycles. The maximum absolute atomic E-state index is 9.73. The Bertz CT molecular complexity index is 3590. The van der Waals surface area contributed by atoms with Crippen LogP contribution in [0.15, 0.2) is 138 Å². The van der Waals surface area contributed by atoms with Crippen molar-refractivity contribution < 1.29 is 41.0 Å². The summed E-state index contributed by atoms with van der Waals surface area (Å²) >= 11 is 0. The van der Waals surface area contributed by atoms with E-state index in [2.05, 4.69) is 39.2 Å². The smallest absolute Gasteiger partial charge is 0.501 e. The maximum Gasteiger partial charge on any atom is 3.00 e. The molecule has 5 nitrogen and oxygen atoms in total. The van der Waals surface area contributed by atoms with Gasteiger partial charge in [-0.05, 0) is 131 Å². The van der Waals surface area contributed by atoms with Gasteiger partial charge in [0.2, 0.25) is 0 Å². The van der Waals surface area contributed by atoms with Crippen LogP contribution in [0.4, 0.5) is 0 Å². The minimum absolute atomic E-state index is 0. The van der Waals surface area contributed by atoms with Gasteiger partial charge in [-0.3, -0.25) is 0 Å². The van der Waals surface area contributed by atoms with Crippen molar-refractivity contribution in [3.05, 3.63) is 208 Å². The number of nitriles is 1. The summed E-state index contributed by atoms with van der Waals surface area (Å²) < 4.78 is 122. The number of benzene rings is 5. The van der Waals surface area contributed by atoms with Gasteiger partial charge in [-0.15, -0.1) is 90.0 Å². The van der Waals surface area contributed by atoms with Crippen molar-refractivity contribution >= 4 is 21.9 Å². The van der Waals surface area contributed by atoms with Gasteiger partial charge in [0.1, 0.15) is 5.58 Å². The first kappa shape index (κ1) is 32.2. The SMILES string of the molecule is [2H]C([2H])(c1cc(C([2H])([2H])C([2H])([2H])c2cnc(-c3[c-]cccc3)cc2C(C)C)cc(C([2H])([2H])C([2H])([2H])c2cnc(-c3[c-]cccc3)cc2C(C)C)c1)C([2H])([2H])c1cnc(-c2[c-]ccc3c2oc2cc(C#N)ccc23)cc1C.[Ir+3]. The molecule has 6 heteroatoms. The molecule has 9 aromatic rings. The van der Waals surface area contributed by atoms with Gasteiger partial charge in [-0.25, -0.2) is 0 Å². The topological polar surface area (TPSA) is 75.6 Å². The quantitative estimate of drug-likeness (QED) is 0.101. The van der Waals surface area contributed by atoms with Crippen LogP contribution in [-0.2, 0) is 58.3 Å². The fraction of sp³-hybridized carbons (Fsp3) is 0.220. The van der Waals surface area contributed by atoms with E-state index in [1.165, 1.54) is 18.6 Å². The van der Waals surface area contributed by atoms with Crippen molar-refractivity contribution in [2.45, 2.75) is 84.7 Å². The third-order valence-corrected chi connectivity index (χ3v) is 11.0. The number of aromatic nitrogens is 3. The van der Waals surface area contributed by atoms with Gasteiger partial charge in [0.05, 0.1) is 17.2 Å². The molecule has 0 unspecified atom stereocenters. The molecule has 0 amide bonds. The molecule has 0 fully saturated rings. The minimum Gasteiger partial charge on any atom is -0.501 e. The van der Waals surface area contributed by atoms with Gasteiger partial charge < -0.3 is 19.4 Å². The second-order valence-electron chi connectivity index (χ2n) is 16.1. The first-order chi connectivity index (χ1) is 35.7. The molecule has 0 aliphatic carbocycles. The summed E-state index contributed by atoms with van der Waals surface area (Å²) in [5.41, 5.74) is 3.20. The zero-order valence-electron chi connectivity index (χ0n) is 48.4. The van der Waals surface area contributed by atoms with Crippen molar-refractivity contribution in [2.75, 3.05) is 0 Å². The number of aryl methyl sites for hydroxylation is 7. The monoisotopic (exact) mass is 1040 g/mol. The van der Waals surface area contributed by atoms with E-state index in [4.69, 9.17) is 4.42 Å². The Kier molecular flexibility index (Phi) is 9.96. The van der Waals surface area contributed by atoms with Crippen LogP contribution < -0.4 is 0 Å². The Labute approximate surface area is 413 Å². The Balaban J connectivity index is 0.00000784. The number of furan rings is 1. The third-order valence-electron chi connectivity index (χ3n) is 11.0. The van der Waals surface area contributed by atoms with Crippen LogP contribution in [0.5, 0.6) is 0 Å². The summed E-state index contributed by atoms with van der Waals surface area (Å²) in [7, 11) is 0. The predicted molar refractivity (Wildman–Crippen MR) is 259 cm³/mol. The fourth-order valence-electron chi connectivity index (χ4n) is 7.59. The average Bonchev–Trinajstić information content (AvgIpc) is 3.78. The summed E-state index contributed by atoms with van der Waals surface area (Å²) in [5, 5.41) is 11.0. The van der Waals surface area contributed by atoms with E-state index in [0.29, 0.717) is 61.6 Å². The molecule has 9 rings (SSSR count). The second kappa shape index (κ2) is 20.1. The molecule has 0 saturated heterocycles. The molecule has 0 atom stereocenters. The average molecular weight is 1040 g/mol. The van der Waals surface area contributed by atoms with E-state index in [1.54, 1.807) is 85.8 Å². The number of pyridine rings is 3. The Morgan fingerprint density at radius 2 is 1.12 bits per heavy atom. The molecule has 0 saturated carbocycles. The van der Waals surface area contributed by atoms with E-state index in [0.717, 1.165) is 29.0 Å². The van der Waals surface area contributed by atoms with E-state index >= 15 is 0 Å². The van der Waals surface area contributed by atoms with Crippen molar-refractivity contribution in [3.8, 4) is 39.8 Å². The molecule has 65 heavy (non-hydrogen) atoms. The molecular weight excluding hydrogens is 973 g/mol. The number of rotatable bonds is 14. The number of hydrogen-bond acceptors (Lipinski definition) is 5. The normalized spacial score (nSPS) is 15.4. The molecule has 0 bridgehead atoms. The zero-order chi connectivity index (χ0) is 54.9. The van der Waals surface area contributed by atoms with Gasteiger partial charge in [0.15, 0.2) is 0 Å². The van der Waals surface area contributed by atoms with Gasteiger partial charge in [0, 0.05) is 40.4 Å². The molecule has 5 aromatic carbocycles. The summed E-state index contributed by atoms with van der Waals surface area (Å²) in [6.07, 6.45) is -14.6. The van der Waals surface area contributed by atoms with Crippen molar-refractivity contribution in [1.82, 2.24) is 15.0 Å². The standard InChI is InChI=1S/C59H51N4O.Ir/c1-38(2)53-32-55(45-13-8-6-9-14-45)61-36-48(53)24-20-42-28-41(29-43(30-42)21-25-49-37-62-56(33-54(49)39(3)4)46-15-10-7-11-16-46)19-23-47-35-63-57(27-40(47)5)52-18-12-17-51-50-26-22-44(34-60)31-58(50)64-59(51)52;/h6-13,15,17,22,26-33,35-39H,19-21,23-25H2,1-5H3;/q-3;+3/i19D2,20D2,21D2,23D2,24D2,25D2;. The molecular formula is C59H51IrN4O. The van der Waals surface area contributed by atoms with Gasteiger partial charge in [-0.2, -0.15) is 5.26 Å². The number of hydrogen-bond donors (Lipinski definition) is 0. The van der Waals surface area contributed by atoms with Crippen LogP contribution >= 0.6 is 0 Å². The zero-order valence-corrected chi connectivity index (χ0v) is 38.8. The van der Waals surface area contributed by atoms with Crippen molar-refractivity contribution in [3.63, 3.8) is 0 Å². The molecule has 0 aliphatic heterocycles. The van der Waals surface area contributed by atoms with Gasteiger partial charge in [-0.1, -0.05) is 86.7 Å². The largest absolute Gasteiger partial charge is 3.00 e. The molecule has 322 valence electrons. The second-order valence-corrected chi connectivity index (χ2v) is 16.1. The third kappa shape index (κ3) is 10.1. The van der Waals surface area contributed by atoms with Crippen LogP contribution in [0.25, 0.3) is 55.7 Å². The maximum atomic E-state index is 9.73. The predicted octanol–water partition coefficient (Wildman–Crippen LogP) is 14.0. The fourth-order valence-corrected chi connectivity index (χ4v) is 7.59. The number of fused-ring (bicyclic) bond motifs is 3. The van der Waals surface area contributed by atoms with Crippen molar-refractivity contribution in [1.29, 1.82) is 5.26 Å². The van der Waals surface area contributed by atoms with Crippen molar-refractivity contribution in [2.24, 2.45) is 0 Å². The molecule has 0 N–H and O–H groups in total. The first-order valence-electron chi connectivity index (χ1n) is 27.1.